The summed E-state index contributed by atoms with van der Waals surface area (Å²) in [5.41, 5.74) is -0.491. The topological polar surface area (TPSA) is 83.5 Å². The number of carbonyl (C=O) groups is 1. The lowest BCUT2D eigenvalue weighted by Crippen LogP contribution is -2.35. The standard InChI is InChI=1S/C11H10FNO4S/c12-8-2-1-3-9(14)10(8)11(15)13-7-4-5-18(16,17)6-7/h1-5,7,14H,6H2,(H,13,15). The molecular weight excluding hydrogens is 261 g/mol. The molecular formula is C11H10FNO4S. The molecule has 0 saturated carbocycles. The summed E-state index contributed by atoms with van der Waals surface area (Å²) in [6.07, 6.45) is 1.31. The van der Waals surface area contributed by atoms with Crippen LogP contribution in [-0.4, -0.2) is 31.2 Å². The first-order valence-electron chi connectivity index (χ1n) is 5.08. The van der Waals surface area contributed by atoms with E-state index in [0.717, 1.165) is 11.5 Å². The second kappa shape index (κ2) is 4.41. The maximum Gasteiger partial charge on any atom is 0.258 e. The quantitative estimate of drug-likeness (QED) is 0.823. The minimum atomic E-state index is -3.30. The fourth-order valence-electron chi connectivity index (χ4n) is 1.64. The fraction of sp³-hybridized carbons (Fsp3) is 0.182. The lowest BCUT2D eigenvalue weighted by atomic mass is 10.1. The van der Waals surface area contributed by atoms with Gasteiger partial charge in [0.25, 0.3) is 5.91 Å². The van der Waals surface area contributed by atoms with Crippen LogP contribution in [0, 0.1) is 5.82 Å². The van der Waals surface area contributed by atoms with Gasteiger partial charge in [-0.1, -0.05) is 6.07 Å². The smallest absolute Gasteiger partial charge is 0.258 e. The third-order valence-electron chi connectivity index (χ3n) is 2.47. The van der Waals surface area contributed by atoms with Gasteiger partial charge in [-0.2, -0.15) is 0 Å². The molecule has 0 saturated heterocycles. The summed E-state index contributed by atoms with van der Waals surface area (Å²) in [6.45, 7) is 0. The van der Waals surface area contributed by atoms with E-state index in [2.05, 4.69) is 5.32 Å². The molecule has 18 heavy (non-hydrogen) atoms. The number of phenols is 1. The van der Waals surface area contributed by atoms with Crippen molar-refractivity contribution in [3.05, 3.63) is 41.1 Å². The van der Waals surface area contributed by atoms with Crippen molar-refractivity contribution in [1.82, 2.24) is 5.32 Å². The van der Waals surface area contributed by atoms with Gasteiger partial charge in [0, 0.05) is 5.41 Å². The highest BCUT2D eigenvalue weighted by atomic mass is 32.2. The molecule has 2 rings (SSSR count). The van der Waals surface area contributed by atoms with Crippen LogP contribution in [0.3, 0.4) is 0 Å². The number of hydrogen-bond acceptors (Lipinski definition) is 4. The summed E-state index contributed by atoms with van der Waals surface area (Å²) >= 11 is 0. The average molecular weight is 271 g/mol. The van der Waals surface area contributed by atoms with Crippen molar-refractivity contribution in [3.63, 3.8) is 0 Å². The number of amides is 1. The van der Waals surface area contributed by atoms with Gasteiger partial charge in [-0.3, -0.25) is 4.79 Å². The largest absolute Gasteiger partial charge is 0.507 e. The Hall–Kier alpha value is -1.89. The summed E-state index contributed by atoms with van der Waals surface area (Å²) in [5, 5.41) is 12.7. The molecule has 1 aromatic rings. The molecule has 1 atom stereocenters. The molecule has 1 unspecified atom stereocenters. The van der Waals surface area contributed by atoms with Crippen molar-refractivity contribution in [2.75, 3.05) is 5.75 Å². The summed E-state index contributed by atoms with van der Waals surface area (Å²) in [5.74, 6) is -2.46. The van der Waals surface area contributed by atoms with Crippen LogP contribution in [0.1, 0.15) is 10.4 Å². The van der Waals surface area contributed by atoms with Crippen molar-refractivity contribution in [3.8, 4) is 5.75 Å². The molecule has 1 heterocycles. The van der Waals surface area contributed by atoms with Gasteiger partial charge >= 0.3 is 0 Å². The van der Waals surface area contributed by atoms with E-state index in [0.29, 0.717) is 0 Å². The number of nitrogens with one attached hydrogen (secondary N) is 1. The summed E-state index contributed by atoms with van der Waals surface area (Å²) in [4.78, 5) is 11.7. The Kier molecular flexibility index (Phi) is 3.08. The van der Waals surface area contributed by atoms with Gasteiger partial charge in [0.2, 0.25) is 0 Å². The summed E-state index contributed by atoms with van der Waals surface area (Å²) in [6, 6.07) is 2.78. The second-order valence-electron chi connectivity index (χ2n) is 3.87. The summed E-state index contributed by atoms with van der Waals surface area (Å²) < 4.78 is 35.6. The maximum absolute atomic E-state index is 13.4. The number of benzene rings is 1. The van der Waals surface area contributed by atoms with Crippen LogP contribution >= 0.6 is 0 Å². The van der Waals surface area contributed by atoms with E-state index in [-0.39, 0.29) is 5.75 Å². The van der Waals surface area contributed by atoms with E-state index in [9.17, 15) is 22.7 Å². The number of halogens is 1. The Morgan fingerprint density at radius 3 is 2.72 bits per heavy atom. The van der Waals surface area contributed by atoms with Crippen molar-refractivity contribution >= 4 is 15.7 Å². The molecule has 0 aliphatic carbocycles. The van der Waals surface area contributed by atoms with Crippen LogP contribution in [0.4, 0.5) is 4.39 Å². The molecule has 1 aromatic carbocycles. The van der Waals surface area contributed by atoms with Crippen LogP contribution in [-0.2, 0) is 9.84 Å². The van der Waals surface area contributed by atoms with E-state index in [1.807, 2.05) is 0 Å². The predicted molar refractivity (Wildman–Crippen MR) is 62.2 cm³/mol. The molecule has 0 spiro atoms. The van der Waals surface area contributed by atoms with Crippen LogP contribution < -0.4 is 5.32 Å². The van der Waals surface area contributed by atoms with E-state index in [4.69, 9.17) is 0 Å². The molecule has 1 amide bonds. The minimum absolute atomic E-state index is 0.256. The van der Waals surface area contributed by atoms with Crippen LogP contribution in [0.5, 0.6) is 5.75 Å². The predicted octanol–water partition coefficient (Wildman–Crippen LogP) is 0.572. The van der Waals surface area contributed by atoms with E-state index >= 15 is 0 Å². The van der Waals surface area contributed by atoms with Crippen molar-refractivity contribution in [1.29, 1.82) is 0 Å². The zero-order valence-corrected chi connectivity index (χ0v) is 9.95. The van der Waals surface area contributed by atoms with Crippen LogP contribution in [0.25, 0.3) is 0 Å². The van der Waals surface area contributed by atoms with Gasteiger partial charge < -0.3 is 10.4 Å². The van der Waals surface area contributed by atoms with Crippen molar-refractivity contribution < 1.29 is 22.7 Å². The first-order valence-corrected chi connectivity index (χ1v) is 6.80. The van der Waals surface area contributed by atoms with Crippen LogP contribution in [0.2, 0.25) is 0 Å². The highest BCUT2D eigenvalue weighted by molar-refractivity contribution is 7.94. The Balaban J connectivity index is 2.17. The lowest BCUT2D eigenvalue weighted by Gasteiger charge is -2.11. The second-order valence-corrected chi connectivity index (χ2v) is 5.80. The zero-order valence-electron chi connectivity index (χ0n) is 9.13. The Morgan fingerprint density at radius 1 is 1.44 bits per heavy atom. The highest BCUT2D eigenvalue weighted by Gasteiger charge is 2.25. The lowest BCUT2D eigenvalue weighted by molar-refractivity contribution is 0.0940. The molecule has 96 valence electrons. The van der Waals surface area contributed by atoms with Crippen molar-refractivity contribution in [2.45, 2.75) is 6.04 Å². The SMILES string of the molecule is O=C(NC1C=CS(=O)(=O)C1)c1c(O)cccc1F. The van der Waals surface area contributed by atoms with Gasteiger partial charge in [0.15, 0.2) is 9.84 Å². The molecule has 1 aliphatic heterocycles. The molecule has 1 aliphatic rings. The Labute approximate surface area is 103 Å². The summed E-state index contributed by atoms with van der Waals surface area (Å²) in [7, 11) is -3.30. The number of aromatic hydroxyl groups is 1. The fourth-order valence-corrected chi connectivity index (χ4v) is 2.88. The van der Waals surface area contributed by atoms with Crippen LogP contribution in [0.15, 0.2) is 29.7 Å². The monoisotopic (exact) mass is 271 g/mol. The molecule has 0 fully saturated rings. The molecule has 0 bridgehead atoms. The molecule has 2 N–H and O–H groups in total. The minimum Gasteiger partial charge on any atom is -0.507 e. The Morgan fingerprint density at radius 2 is 2.17 bits per heavy atom. The van der Waals surface area contributed by atoms with Gasteiger partial charge in [0.05, 0.1) is 11.8 Å². The first kappa shape index (κ1) is 12.6. The molecule has 0 radical (unpaired) electrons. The number of rotatable bonds is 2. The van der Waals surface area contributed by atoms with E-state index < -0.39 is 38.9 Å². The normalized spacial score (nSPS) is 20.8. The van der Waals surface area contributed by atoms with E-state index in [1.165, 1.54) is 18.2 Å². The number of hydrogen-bond donors (Lipinski definition) is 2. The molecule has 0 aromatic heterocycles. The molecule has 5 nitrogen and oxygen atoms in total. The highest BCUT2D eigenvalue weighted by Crippen LogP contribution is 2.20. The Bertz CT molecular complexity index is 604. The maximum atomic E-state index is 13.4. The number of carbonyl (C=O) groups excluding carboxylic acids is 1. The van der Waals surface area contributed by atoms with Gasteiger partial charge in [-0.15, -0.1) is 0 Å². The third-order valence-corrected chi connectivity index (χ3v) is 3.86. The number of phenolic OH excluding ortho intramolecular Hbond substituents is 1. The first-order chi connectivity index (χ1) is 8.39. The van der Waals surface area contributed by atoms with Gasteiger partial charge in [-0.05, 0) is 18.2 Å². The van der Waals surface area contributed by atoms with E-state index in [1.54, 1.807) is 0 Å². The number of sulfone groups is 1. The molecule has 7 heteroatoms. The average Bonchev–Trinajstić information content (AvgIpc) is 2.57. The van der Waals surface area contributed by atoms with Gasteiger partial charge in [-0.25, -0.2) is 12.8 Å². The van der Waals surface area contributed by atoms with Gasteiger partial charge in [0.1, 0.15) is 17.1 Å². The van der Waals surface area contributed by atoms with Crippen molar-refractivity contribution in [2.24, 2.45) is 0 Å². The zero-order chi connectivity index (χ0) is 13.3. The third kappa shape index (κ3) is 2.51.